The second kappa shape index (κ2) is 4.13. The SMILES string of the molecule is Cn1c(C(C)(C)C)nc2cc(CNO)ccc21. The highest BCUT2D eigenvalue weighted by Crippen LogP contribution is 2.25. The van der Waals surface area contributed by atoms with Gasteiger partial charge in [0, 0.05) is 19.0 Å². The van der Waals surface area contributed by atoms with Crippen molar-refractivity contribution in [1.82, 2.24) is 15.0 Å². The van der Waals surface area contributed by atoms with Crippen molar-refractivity contribution in [1.29, 1.82) is 0 Å². The van der Waals surface area contributed by atoms with Crippen molar-refractivity contribution in [3.63, 3.8) is 0 Å². The minimum Gasteiger partial charge on any atom is -0.331 e. The van der Waals surface area contributed by atoms with Gasteiger partial charge in [0.1, 0.15) is 5.82 Å². The zero-order valence-electron chi connectivity index (χ0n) is 10.8. The van der Waals surface area contributed by atoms with Gasteiger partial charge in [0.15, 0.2) is 0 Å². The molecule has 0 spiro atoms. The first-order valence-electron chi connectivity index (χ1n) is 5.76. The van der Waals surface area contributed by atoms with Crippen molar-refractivity contribution < 1.29 is 5.21 Å². The number of nitrogens with zero attached hydrogens (tertiary/aromatic N) is 2. The third-order valence-electron chi connectivity index (χ3n) is 2.90. The van der Waals surface area contributed by atoms with Gasteiger partial charge in [-0.1, -0.05) is 26.8 Å². The third kappa shape index (κ3) is 2.18. The lowest BCUT2D eigenvalue weighted by Crippen LogP contribution is -2.17. The predicted octanol–water partition coefficient (Wildman–Crippen LogP) is 2.35. The molecule has 4 heteroatoms. The smallest absolute Gasteiger partial charge is 0.115 e. The summed E-state index contributed by atoms with van der Waals surface area (Å²) in [5.41, 5.74) is 5.32. The fourth-order valence-corrected chi connectivity index (χ4v) is 2.12. The van der Waals surface area contributed by atoms with Gasteiger partial charge in [-0.05, 0) is 17.7 Å². The van der Waals surface area contributed by atoms with Gasteiger partial charge in [-0.15, -0.1) is 0 Å². The molecule has 0 amide bonds. The molecule has 0 aliphatic rings. The number of benzene rings is 1. The lowest BCUT2D eigenvalue weighted by Gasteiger charge is -2.17. The number of hydrogen-bond acceptors (Lipinski definition) is 3. The second-order valence-corrected chi connectivity index (χ2v) is 5.40. The van der Waals surface area contributed by atoms with E-state index in [1.807, 2.05) is 25.2 Å². The van der Waals surface area contributed by atoms with E-state index in [-0.39, 0.29) is 5.41 Å². The highest BCUT2D eigenvalue weighted by Gasteiger charge is 2.21. The highest BCUT2D eigenvalue weighted by atomic mass is 16.5. The van der Waals surface area contributed by atoms with Gasteiger partial charge in [-0.3, -0.25) is 0 Å². The maximum Gasteiger partial charge on any atom is 0.115 e. The first kappa shape index (κ1) is 12.1. The van der Waals surface area contributed by atoms with Crippen molar-refractivity contribution in [2.75, 3.05) is 0 Å². The molecule has 2 aromatic rings. The molecule has 1 heterocycles. The molecule has 0 bridgehead atoms. The monoisotopic (exact) mass is 233 g/mol. The van der Waals surface area contributed by atoms with Crippen LogP contribution in [0.1, 0.15) is 32.2 Å². The average Bonchev–Trinajstić information content (AvgIpc) is 2.56. The Labute approximate surface area is 101 Å². The lowest BCUT2D eigenvalue weighted by atomic mass is 9.96. The summed E-state index contributed by atoms with van der Waals surface area (Å²) >= 11 is 0. The minimum atomic E-state index is 0.0309. The molecule has 0 aliphatic heterocycles. The quantitative estimate of drug-likeness (QED) is 0.783. The van der Waals surface area contributed by atoms with E-state index in [9.17, 15) is 0 Å². The van der Waals surface area contributed by atoms with E-state index in [0.29, 0.717) is 6.54 Å². The summed E-state index contributed by atoms with van der Waals surface area (Å²) in [6.07, 6.45) is 0. The molecule has 1 aromatic heterocycles. The molecule has 4 nitrogen and oxygen atoms in total. The maximum atomic E-state index is 8.71. The van der Waals surface area contributed by atoms with Crippen molar-refractivity contribution in [2.45, 2.75) is 32.7 Å². The van der Waals surface area contributed by atoms with Gasteiger partial charge in [0.25, 0.3) is 0 Å². The number of hydroxylamine groups is 1. The zero-order valence-corrected chi connectivity index (χ0v) is 10.8. The Morgan fingerprint density at radius 3 is 2.65 bits per heavy atom. The first-order chi connectivity index (χ1) is 7.93. The molecule has 1 aromatic carbocycles. The molecule has 92 valence electrons. The van der Waals surface area contributed by atoms with Crippen molar-refractivity contribution in [3.05, 3.63) is 29.6 Å². The van der Waals surface area contributed by atoms with E-state index in [1.54, 1.807) is 0 Å². The fraction of sp³-hybridized carbons (Fsp3) is 0.462. The summed E-state index contributed by atoms with van der Waals surface area (Å²) in [4.78, 5) is 4.68. The number of fused-ring (bicyclic) bond motifs is 1. The zero-order chi connectivity index (χ0) is 12.6. The summed E-state index contributed by atoms with van der Waals surface area (Å²) in [5, 5.41) is 8.71. The molecule has 0 fully saturated rings. The van der Waals surface area contributed by atoms with Crippen LogP contribution in [0.3, 0.4) is 0 Å². The van der Waals surface area contributed by atoms with E-state index in [0.717, 1.165) is 22.4 Å². The topological polar surface area (TPSA) is 50.1 Å². The van der Waals surface area contributed by atoms with Gasteiger partial charge < -0.3 is 9.77 Å². The van der Waals surface area contributed by atoms with Crippen LogP contribution in [-0.2, 0) is 19.0 Å². The first-order valence-corrected chi connectivity index (χ1v) is 5.76. The van der Waals surface area contributed by atoms with Gasteiger partial charge in [0.05, 0.1) is 11.0 Å². The van der Waals surface area contributed by atoms with Crippen molar-refractivity contribution >= 4 is 11.0 Å². The van der Waals surface area contributed by atoms with Crippen LogP contribution in [0.4, 0.5) is 0 Å². The van der Waals surface area contributed by atoms with Crippen LogP contribution < -0.4 is 5.48 Å². The molecule has 0 unspecified atom stereocenters. The molecule has 0 saturated carbocycles. The molecule has 0 radical (unpaired) electrons. The summed E-state index contributed by atoms with van der Waals surface area (Å²) in [6.45, 7) is 6.91. The van der Waals surface area contributed by atoms with E-state index in [1.165, 1.54) is 0 Å². The highest BCUT2D eigenvalue weighted by molar-refractivity contribution is 5.77. The van der Waals surface area contributed by atoms with Crippen molar-refractivity contribution in [2.24, 2.45) is 7.05 Å². The summed E-state index contributed by atoms with van der Waals surface area (Å²) in [6, 6.07) is 6.05. The maximum absolute atomic E-state index is 8.71. The van der Waals surface area contributed by atoms with Crippen LogP contribution in [0.5, 0.6) is 0 Å². The Morgan fingerprint density at radius 2 is 2.06 bits per heavy atom. The molecule has 0 aliphatic carbocycles. The molecule has 2 N–H and O–H groups in total. The van der Waals surface area contributed by atoms with Gasteiger partial charge >= 0.3 is 0 Å². The number of imidazole rings is 1. The Kier molecular flexibility index (Phi) is 2.93. The second-order valence-electron chi connectivity index (χ2n) is 5.40. The summed E-state index contributed by atoms with van der Waals surface area (Å²) in [7, 11) is 2.04. The van der Waals surface area contributed by atoms with Crippen LogP contribution >= 0.6 is 0 Å². The number of aromatic nitrogens is 2. The number of hydrogen-bond donors (Lipinski definition) is 2. The molecule has 2 rings (SSSR count). The van der Waals surface area contributed by atoms with Gasteiger partial charge in [-0.2, -0.15) is 0 Å². The van der Waals surface area contributed by atoms with Crippen LogP contribution in [0.2, 0.25) is 0 Å². The average molecular weight is 233 g/mol. The Hall–Kier alpha value is -1.39. The summed E-state index contributed by atoms with van der Waals surface area (Å²) < 4.78 is 2.13. The molecular weight excluding hydrogens is 214 g/mol. The van der Waals surface area contributed by atoms with E-state index >= 15 is 0 Å². The van der Waals surface area contributed by atoms with E-state index in [2.05, 4.69) is 35.8 Å². The predicted molar refractivity (Wildman–Crippen MR) is 68.0 cm³/mol. The van der Waals surface area contributed by atoms with Crippen molar-refractivity contribution in [3.8, 4) is 0 Å². The van der Waals surface area contributed by atoms with Crippen LogP contribution in [0.25, 0.3) is 11.0 Å². The van der Waals surface area contributed by atoms with E-state index < -0.39 is 0 Å². The van der Waals surface area contributed by atoms with Crippen LogP contribution in [-0.4, -0.2) is 14.8 Å². The number of nitrogens with one attached hydrogen (secondary N) is 1. The van der Waals surface area contributed by atoms with Crippen LogP contribution in [0.15, 0.2) is 18.2 Å². The lowest BCUT2D eigenvalue weighted by molar-refractivity contribution is 0.161. The molecule has 17 heavy (non-hydrogen) atoms. The number of rotatable bonds is 2. The third-order valence-corrected chi connectivity index (χ3v) is 2.90. The summed E-state index contributed by atoms with van der Waals surface area (Å²) in [5.74, 6) is 1.07. The Bertz CT molecular complexity index is 537. The van der Waals surface area contributed by atoms with Gasteiger partial charge in [0.2, 0.25) is 0 Å². The molecule has 0 atom stereocenters. The Balaban J connectivity index is 2.57. The minimum absolute atomic E-state index is 0.0309. The standard InChI is InChI=1S/C13H19N3O/c1-13(2,3)12-15-10-7-9(8-14-17)5-6-11(10)16(12)4/h5-7,14,17H,8H2,1-4H3. The normalized spacial score (nSPS) is 12.3. The van der Waals surface area contributed by atoms with Gasteiger partial charge in [-0.25, -0.2) is 10.5 Å². The fourth-order valence-electron chi connectivity index (χ4n) is 2.12. The van der Waals surface area contributed by atoms with Crippen LogP contribution in [0, 0.1) is 0 Å². The molecule has 0 saturated heterocycles. The largest absolute Gasteiger partial charge is 0.331 e. The molecular formula is C13H19N3O. The van der Waals surface area contributed by atoms with E-state index in [4.69, 9.17) is 5.21 Å². The Morgan fingerprint density at radius 1 is 1.35 bits per heavy atom. The number of aryl methyl sites for hydroxylation is 1.